The highest BCUT2D eigenvalue weighted by atomic mass is 16.5. The summed E-state index contributed by atoms with van der Waals surface area (Å²) in [5, 5.41) is 8.82. The van der Waals surface area contributed by atoms with Crippen molar-refractivity contribution in [2.24, 2.45) is 0 Å². The molecule has 2 nitrogen and oxygen atoms in total. The van der Waals surface area contributed by atoms with Crippen LogP contribution in [0.5, 0.6) is 5.75 Å². The Morgan fingerprint density at radius 2 is 1.86 bits per heavy atom. The van der Waals surface area contributed by atoms with Crippen molar-refractivity contribution >= 4 is 0 Å². The molecule has 0 unspecified atom stereocenters. The number of hydrogen-bond donors (Lipinski definition) is 0. The summed E-state index contributed by atoms with van der Waals surface area (Å²) in [5.41, 5.74) is 2.70. The van der Waals surface area contributed by atoms with Gasteiger partial charge >= 0.3 is 0 Å². The maximum Gasteiger partial charge on any atom is 0.122 e. The van der Waals surface area contributed by atoms with E-state index in [2.05, 4.69) is 6.07 Å². The van der Waals surface area contributed by atoms with E-state index in [0.29, 0.717) is 0 Å². The zero-order chi connectivity index (χ0) is 10.7. The van der Waals surface area contributed by atoms with E-state index in [9.17, 15) is 0 Å². The molecule has 0 saturated heterocycles. The van der Waals surface area contributed by atoms with Gasteiger partial charge in [0.1, 0.15) is 5.75 Å². The molecule has 0 N–H and O–H groups in total. The summed E-state index contributed by atoms with van der Waals surface area (Å²) in [5.74, 6) is 0.872. The van der Waals surface area contributed by atoms with Gasteiger partial charge in [0.15, 0.2) is 0 Å². The highest BCUT2D eigenvalue weighted by Crippen LogP contribution is 2.23. The largest absolute Gasteiger partial charge is 0.491 e. The van der Waals surface area contributed by atoms with Gasteiger partial charge in [-0.2, -0.15) is 5.26 Å². The Morgan fingerprint density at radius 3 is 2.36 bits per heavy atom. The number of rotatable bonds is 2. The number of ether oxygens (including phenoxy) is 1. The molecule has 0 radical (unpaired) electrons. The molecule has 0 heterocycles. The minimum atomic E-state index is 0.168. The van der Waals surface area contributed by atoms with Crippen molar-refractivity contribution in [2.45, 2.75) is 33.8 Å². The third kappa shape index (κ3) is 2.26. The van der Waals surface area contributed by atoms with E-state index in [4.69, 9.17) is 10.00 Å². The quantitative estimate of drug-likeness (QED) is 0.716. The molecule has 0 aliphatic heterocycles. The van der Waals surface area contributed by atoms with Gasteiger partial charge in [0.25, 0.3) is 0 Å². The number of aryl methyl sites for hydroxylation is 2. The molecule has 0 spiro atoms. The van der Waals surface area contributed by atoms with Gasteiger partial charge in [-0.25, -0.2) is 0 Å². The minimum absolute atomic E-state index is 0.168. The lowest BCUT2D eigenvalue weighted by molar-refractivity contribution is 0.240. The molecule has 0 aromatic heterocycles. The Bertz CT molecular complexity index is 375. The lowest BCUT2D eigenvalue weighted by Gasteiger charge is -2.13. The SMILES string of the molecule is Cc1cc(OC(C)C)c(C)cc1C#N. The van der Waals surface area contributed by atoms with E-state index in [1.54, 1.807) is 0 Å². The lowest BCUT2D eigenvalue weighted by Crippen LogP contribution is -2.07. The van der Waals surface area contributed by atoms with E-state index in [0.717, 1.165) is 22.4 Å². The van der Waals surface area contributed by atoms with Crippen molar-refractivity contribution in [1.82, 2.24) is 0 Å². The first kappa shape index (κ1) is 10.6. The maximum atomic E-state index is 8.82. The number of nitrogens with zero attached hydrogens (tertiary/aromatic N) is 1. The summed E-state index contributed by atoms with van der Waals surface area (Å²) < 4.78 is 5.62. The van der Waals surface area contributed by atoms with Gasteiger partial charge in [-0.1, -0.05) is 0 Å². The van der Waals surface area contributed by atoms with Gasteiger partial charge in [-0.05, 0) is 51.0 Å². The molecule has 0 amide bonds. The fourth-order valence-electron chi connectivity index (χ4n) is 1.29. The maximum absolute atomic E-state index is 8.82. The van der Waals surface area contributed by atoms with Crippen LogP contribution in [0.25, 0.3) is 0 Å². The average Bonchev–Trinajstić information content (AvgIpc) is 2.10. The molecule has 0 aliphatic rings. The topological polar surface area (TPSA) is 33.0 Å². The highest BCUT2D eigenvalue weighted by Gasteiger charge is 2.06. The standard InChI is InChI=1S/C12H15NO/c1-8(2)14-12-6-9(3)11(7-13)5-10(12)4/h5-6,8H,1-4H3. The van der Waals surface area contributed by atoms with Crippen LogP contribution in [-0.2, 0) is 0 Å². The second-order valence-corrected chi connectivity index (χ2v) is 3.71. The number of benzene rings is 1. The average molecular weight is 189 g/mol. The van der Waals surface area contributed by atoms with Crippen molar-refractivity contribution in [3.63, 3.8) is 0 Å². The van der Waals surface area contributed by atoms with Gasteiger partial charge in [0.2, 0.25) is 0 Å². The van der Waals surface area contributed by atoms with Crippen LogP contribution < -0.4 is 4.74 Å². The first-order valence-corrected chi connectivity index (χ1v) is 4.72. The van der Waals surface area contributed by atoms with Crippen molar-refractivity contribution < 1.29 is 4.74 Å². The molecule has 0 fully saturated rings. The van der Waals surface area contributed by atoms with Crippen molar-refractivity contribution in [3.05, 3.63) is 28.8 Å². The summed E-state index contributed by atoms with van der Waals surface area (Å²) in [4.78, 5) is 0. The zero-order valence-corrected chi connectivity index (χ0v) is 9.09. The van der Waals surface area contributed by atoms with Crippen LogP contribution in [0.3, 0.4) is 0 Å². The van der Waals surface area contributed by atoms with E-state index in [1.807, 2.05) is 39.8 Å². The van der Waals surface area contributed by atoms with Crippen molar-refractivity contribution in [2.75, 3.05) is 0 Å². The molecule has 0 bridgehead atoms. The van der Waals surface area contributed by atoms with Crippen LogP contribution in [0.15, 0.2) is 12.1 Å². The highest BCUT2D eigenvalue weighted by molar-refractivity contribution is 5.46. The molecule has 74 valence electrons. The molecular weight excluding hydrogens is 174 g/mol. The number of nitriles is 1. The van der Waals surface area contributed by atoms with Crippen molar-refractivity contribution in [3.8, 4) is 11.8 Å². The smallest absolute Gasteiger partial charge is 0.122 e. The summed E-state index contributed by atoms with van der Waals surface area (Å²) >= 11 is 0. The first-order chi connectivity index (χ1) is 6.54. The third-order valence-electron chi connectivity index (χ3n) is 2.01. The predicted octanol–water partition coefficient (Wildman–Crippen LogP) is 2.96. The molecule has 1 aromatic carbocycles. The Kier molecular flexibility index (Phi) is 3.14. The summed E-state index contributed by atoms with van der Waals surface area (Å²) in [7, 11) is 0. The van der Waals surface area contributed by atoms with Crippen LogP contribution in [0, 0.1) is 25.2 Å². The molecular formula is C12H15NO. The van der Waals surface area contributed by atoms with E-state index < -0.39 is 0 Å². The Balaban J connectivity index is 3.10. The Morgan fingerprint density at radius 1 is 1.21 bits per heavy atom. The Hall–Kier alpha value is -1.49. The normalized spacial score (nSPS) is 10.0. The Labute approximate surface area is 85.1 Å². The second-order valence-electron chi connectivity index (χ2n) is 3.71. The molecule has 14 heavy (non-hydrogen) atoms. The van der Waals surface area contributed by atoms with Crippen LogP contribution >= 0.6 is 0 Å². The van der Waals surface area contributed by atoms with Crippen LogP contribution in [0.1, 0.15) is 30.5 Å². The number of hydrogen-bond acceptors (Lipinski definition) is 2. The predicted molar refractivity (Wildman–Crippen MR) is 56.4 cm³/mol. The molecule has 0 saturated carbocycles. The van der Waals surface area contributed by atoms with E-state index in [1.165, 1.54) is 0 Å². The van der Waals surface area contributed by atoms with Crippen molar-refractivity contribution in [1.29, 1.82) is 5.26 Å². The molecule has 0 aliphatic carbocycles. The molecule has 1 aromatic rings. The fraction of sp³-hybridized carbons (Fsp3) is 0.417. The lowest BCUT2D eigenvalue weighted by atomic mass is 10.1. The summed E-state index contributed by atoms with van der Waals surface area (Å²) in [6.07, 6.45) is 0.168. The van der Waals surface area contributed by atoms with Gasteiger partial charge in [0, 0.05) is 0 Å². The van der Waals surface area contributed by atoms with Crippen LogP contribution in [0.4, 0.5) is 0 Å². The fourth-order valence-corrected chi connectivity index (χ4v) is 1.29. The van der Waals surface area contributed by atoms with Gasteiger partial charge in [-0.3, -0.25) is 0 Å². The van der Waals surface area contributed by atoms with E-state index >= 15 is 0 Å². The van der Waals surface area contributed by atoms with Gasteiger partial charge < -0.3 is 4.74 Å². The van der Waals surface area contributed by atoms with Crippen LogP contribution in [-0.4, -0.2) is 6.10 Å². The summed E-state index contributed by atoms with van der Waals surface area (Å²) in [6, 6.07) is 5.95. The van der Waals surface area contributed by atoms with E-state index in [-0.39, 0.29) is 6.10 Å². The molecule has 2 heteroatoms. The first-order valence-electron chi connectivity index (χ1n) is 4.72. The van der Waals surface area contributed by atoms with Gasteiger partial charge in [-0.15, -0.1) is 0 Å². The molecule has 0 atom stereocenters. The monoisotopic (exact) mass is 189 g/mol. The van der Waals surface area contributed by atoms with Gasteiger partial charge in [0.05, 0.1) is 17.7 Å². The van der Waals surface area contributed by atoms with Crippen LogP contribution in [0.2, 0.25) is 0 Å². The third-order valence-corrected chi connectivity index (χ3v) is 2.01. The minimum Gasteiger partial charge on any atom is -0.491 e. The zero-order valence-electron chi connectivity index (χ0n) is 9.09. The summed E-state index contributed by atoms with van der Waals surface area (Å²) in [6.45, 7) is 7.86. The molecule has 1 rings (SSSR count). The second kappa shape index (κ2) is 4.15.